The Labute approximate surface area is 518 Å². The van der Waals surface area contributed by atoms with Gasteiger partial charge in [-0.1, -0.05) is 378 Å². The molecule has 1 unspecified atom stereocenters. The summed E-state index contributed by atoms with van der Waals surface area (Å²) in [5, 5.41) is 0. The molecule has 0 aliphatic carbocycles. The van der Waals surface area contributed by atoms with Gasteiger partial charge in [-0.05, 0) is 57.8 Å². The van der Waals surface area contributed by atoms with Crippen LogP contribution in [0, 0.1) is 0 Å². The number of carbonyl (C=O) groups excluding carboxylic acids is 3. The van der Waals surface area contributed by atoms with Crippen LogP contribution in [-0.2, 0) is 28.6 Å². The summed E-state index contributed by atoms with van der Waals surface area (Å²) in [5.74, 6) is -0.839. The van der Waals surface area contributed by atoms with Crippen molar-refractivity contribution in [1.82, 2.24) is 0 Å². The van der Waals surface area contributed by atoms with Crippen LogP contribution in [0.3, 0.4) is 0 Å². The smallest absolute Gasteiger partial charge is 0.306 e. The Morgan fingerprint density at radius 3 is 0.675 bits per heavy atom. The van der Waals surface area contributed by atoms with E-state index in [-0.39, 0.29) is 31.1 Å². The highest BCUT2D eigenvalue weighted by Gasteiger charge is 2.20. The van der Waals surface area contributed by atoms with Crippen LogP contribution < -0.4 is 0 Å². The molecular weight excluding hydrogens is 1020 g/mol. The summed E-state index contributed by atoms with van der Waals surface area (Å²) < 4.78 is 17.1. The van der Waals surface area contributed by atoms with Gasteiger partial charge in [0.2, 0.25) is 0 Å². The fourth-order valence-corrected chi connectivity index (χ4v) is 11.5. The third-order valence-corrected chi connectivity index (χ3v) is 17.1. The van der Waals surface area contributed by atoms with Gasteiger partial charge >= 0.3 is 17.9 Å². The molecule has 0 aromatic carbocycles. The SMILES string of the molecule is CCCCCCC/C=C\C/C=C\C/C=C\CCCCCCCCCCC(=O)OCC(COC(=O)CCCCCCCCCCCCCCCCCCCCCCC)OC(=O)CCCCCCCCCCCCCCCCCCCCCCC. The van der Waals surface area contributed by atoms with Crippen LogP contribution in [0.2, 0.25) is 0 Å². The van der Waals surface area contributed by atoms with Crippen molar-refractivity contribution < 1.29 is 28.6 Å². The van der Waals surface area contributed by atoms with E-state index in [1.807, 2.05) is 0 Å². The average Bonchev–Trinajstić information content (AvgIpc) is 3.49. The van der Waals surface area contributed by atoms with E-state index in [0.717, 1.165) is 77.0 Å². The van der Waals surface area contributed by atoms with Crippen LogP contribution in [0.1, 0.15) is 419 Å². The van der Waals surface area contributed by atoms with Crippen LogP contribution in [0.25, 0.3) is 0 Å². The molecule has 6 heteroatoms. The van der Waals surface area contributed by atoms with Crippen LogP contribution in [0.5, 0.6) is 0 Å². The first-order valence-electron chi connectivity index (χ1n) is 37.5. The van der Waals surface area contributed by atoms with Gasteiger partial charge in [0.1, 0.15) is 13.2 Å². The number of hydrogen-bond acceptors (Lipinski definition) is 6. The van der Waals surface area contributed by atoms with E-state index in [1.165, 1.54) is 302 Å². The fraction of sp³-hybridized carbons (Fsp3) is 0.883. The lowest BCUT2D eigenvalue weighted by atomic mass is 10.0. The third kappa shape index (κ3) is 70.3. The van der Waals surface area contributed by atoms with Crippen molar-refractivity contribution >= 4 is 17.9 Å². The van der Waals surface area contributed by atoms with Crippen LogP contribution in [-0.4, -0.2) is 37.2 Å². The lowest BCUT2D eigenvalue weighted by Gasteiger charge is -2.18. The molecule has 6 nitrogen and oxygen atoms in total. The van der Waals surface area contributed by atoms with Crippen molar-refractivity contribution in [2.45, 2.75) is 425 Å². The summed E-state index contributed by atoms with van der Waals surface area (Å²) in [6.45, 7) is 6.72. The first-order chi connectivity index (χ1) is 41.0. The summed E-state index contributed by atoms with van der Waals surface area (Å²) in [4.78, 5) is 38.6. The van der Waals surface area contributed by atoms with Crippen LogP contribution >= 0.6 is 0 Å². The fourth-order valence-electron chi connectivity index (χ4n) is 11.5. The molecule has 0 amide bonds. The molecule has 0 aliphatic heterocycles. The third-order valence-electron chi connectivity index (χ3n) is 17.1. The second-order valence-electron chi connectivity index (χ2n) is 25.6. The molecule has 0 radical (unpaired) electrons. The minimum absolute atomic E-state index is 0.0680. The lowest BCUT2D eigenvalue weighted by molar-refractivity contribution is -0.167. The number of esters is 3. The maximum atomic E-state index is 13.0. The van der Waals surface area contributed by atoms with E-state index in [9.17, 15) is 14.4 Å². The minimum Gasteiger partial charge on any atom is -0.462 e. The predicted octanol–water partition coefficient (Wildman–Crippen LogP) is 25.9. The average molecular weight is 1170 g/mol. The largest absolute Gasteiger partial charge is 0.462 e. The molecule has 0 saturated carbocycles. The topological polar surface area (TPSA) is 78.9 Å². The van der Waals surface area contributed by atoms with E-state index >= 15 is 0 Å². The number of allylic oxidation sites excluding steroid dienone is 6. The zero-order valence-corrected chi connectivity index (χ0v) is 56.2. The van der Waals surface area contributed by atoms with Gasteiger partial charge in [-0.25, -0.2) is 0 Å². The number of ether oxygens (including phenoxy) is 3. The van der Waals surface area contributed by atoms with Gasteiger partial charge in [0.05, 0.1) is 0 Å². The van der Waals surface area contributed by atoms with Crippen molar-refractivity contribution in [3.8, 4) is 0 Å². The zero-order chi connectivity index (χ0) is 59.9. The molecule has 1 atom stereocenters. The van der Waals surface area contributed by atoms with E-state index in [0.29, 0.717) is 19.3 Å². The molecule has 0 aromatic heterocycles. The summed E-state index contributed by atoms with van der Waals surface area (Å²) in [7, 11) is 0. The van der Waals surface area contributed by atoms with Gasteiger partial charge in [-0.3, -0.25) is 14.4 Å². The summed E-state index contributed by atoms with van der Waals surface area (Å²) in [6, 6.07) is 0. The highest BCUT2D eigenvalue weighted by atomic mass is 16.6. The van der Waals surface area contributed by atoms with Gasteiger partial charge in [-0.2, -0.15) is 0 Å². The number of carbonyl (C=O) groups is 3. The van der Waals surface area contributed by atoms with Gasteiger partial charge < -0.3 is 14.2 Å². The number of rotatable bonds is 70. The van der Waals surface area contributed by atoms with Crippen molar-refractivity contribution in [3.05, 3.63) is 36.5 Å². The number of unbranched alkanes of at least 4 members (excludes halogenated alkanes) is 53. The first kappa shape index (κ1) is 80.6. The van der Waals surface area contributed by atoms with Crippen molar-refractivity contribution in [2.75, 3.05) is 13.2 Å². The van der Waals surface area contributed by atoms with E-state index < -0.39 is 6.10 Å². The normalized spacial score (nSPS) is 12.2. The van der Waals surface area contributed by atoms with Crippen molar-refractivity contribution in [2.24, 2.45) is 0 Å². The molecule has 0 saturated heterocycles. The molecule has 488 valence electrons. The Morgan fingerprint density at radius 2 is 0.434 bits per heavy atom. The Kier molecular flexibility index (Phi) is 70.0. The van der Waals surface area contributed by atoms with Crippen molar-refractivity contribution in [3.63, 3.8) is 0 Å². The first-order valence-corrected chi connectivity index (χ1v) is 37.5. The van der Waals surface area contributed by atoms with Crippen LogP contribution in [0.15, 0.2) is 36.5 Å². The van der Waals surface area contributed by atoms with Crippen molar-refractivity contribution in [1.29, 1.82) is 0 Å². The molecule has 0 aliphatic rings. The van der Waals surface area contributed by atoms with E-state index in [1.54, 1.807) is 0 Å². The molecule has 0 rings (SSSR count). The Balaban J connectivity index is 4.32. The highest BCUT2D eigenvalue weighted by Crippen LogP contribution is 2.19. The Hall–Kier alpha value is -2.37. The zero-order valence-electron chi connectivity index (χ0n) is 56.2. The second-order valence-corrected chi connectivity index (χ2v) is 25.6. The Morgan fingerprint density at radius 1 is 0.241 bits per heavy atom. The van der Waals surface area contributed by atoms with Gasteiger partial charge in [0, 0.05) is 19.3 Å². The predicted molar refractivity (Wildman–Crippen MR) is 362 cm³/mol. The maximum Gasteiger partial charge on any atom is 0.306 e. The summed E-state index contributed by atoms with van der Waals surface area (Å²) >= 11 is 0. The maximum absolute atomic E-state index is 13.0. The van der Waals surface area contributed by atoms with Gasteiger partial charge in [0.25, 0.3) is 0 Å². The lowest BCUT2D eigenvalue weighted by Crippen LogP contribution is -2.30. The molecule has 0 spiro atoms. The molecule has 0 heterocycles. The van der Waals surface area contributed by atoms with E-state index in [2.05, 4.69) is 57.2 Å². The minimum atomic E-state index is -0.774. The monoisotopic (exact) mass is 1170 g/mol. The summed E-state index contributed by atoms with van der Waals surface area (Å²) in [6.07, 6.45) is 90.3. The molecule has 0 aromatic rings. The standard InChI is InChI=1S/C77H144O6/c1-4-7-10-13-16-19-22-25-28-31-34-37-38-41-43-46-49-52-55-58-61-64-67-70-76(79)82-73-74(83-77(80)71-68-65-62-59-56-53-50-47-44-40-36-33-30-27-24-21-18-15-12-9-6-3)72-81-75(78)69-66-63-60-57-54-51-48-45-42-39-35-32-29-26-23-20-17-14-11-8-5-2/h22,25,31,34,38,41,74H,4-21,23-24,26-30,32-33,35-37,39-40,42-73H2,1-3H3/b25-22-,34-31-,41-38-. The molecule has 0 fully saturated rings. The molecule has 0 N–H and O–H groups in total. The highest BCUT2D eigenvalue weighted by molar-refractivity contribution is 5.71. The van der Waals surface area contributed by atoms with Crippen LogP contribution in [0.4, 0.5) is 0 Å². The number of hydrogen-bond donors (Lipinski definition) is 0. The van der Waals surface area contributed by atoms with Gasteiger partial charge in [-0.15, -0.1) is 0 Å². The molecule has 0 bridgehead atoms. The van der Waals surface area contributed by atoms with Gasteiger partial charge in [0.15, 0.2) is 6.10 Å². The second kappa shape index (κ2) is 72.1. The molecule has 83 heavy (non-hydrogen) atoms. The Bertz CT molecular complexity index is 1380. The quantitative estimate of drug-likeness (QED) is 0.0261. The summed E-state index contributed by atoms with van der Waals surface area (Å²) in [5.41, 5.74) is 0. The van der Waals surface area contributed by atoms with E-state index in [4.69, 9.17) is 14.2 Å². The molecular formula is C77H144O6.